The van der Waals surface area contributed by atoms with E-state index in [0.717, 1.165) is 29.1 Å². The first-order valence-corrected chi connectivity index (χ1v) is 11.0. The van der Waals surface area contributed by atoms with Gasteiger partial charge in [-0.3, -0.25) is 4.98 Å². The van der Waals surface area contributed by atoms with Gasteiger partial charge in [-0.25, -0.2) is 0 Å². The number of alkyl halides is 1. The van der Waals surface area contributed by atoms with Crippen molar-refractivity contribution in [3.05, 3.63) is 36.0 Å². The van der Waals surface area contributed by atoms with Gasteiger partial charge >= 0.3 is 0 Å². The molecule has 0 radical (unpaired) electrons. The predicted octanol–water partition coefficient (Wildman–Crippen LogP) is 4.74. The molecule has 1 aromatic heterocycles. The minimum atomic E-state index is 0.554. The average Bonchev–Trinajstić information content (AvgIpc) is 2.97. The molecular formula is C22H28BrN2O+. The van der Waals surface area contributed by atoms with Crippen LogP contribution < -0.4 is 4.74 Å². The number of hydrogen-bond acceptors (Lipinski definition) is 2. The third-order valence-electron chi connectivity index (χ3n) is 7.67. The van der Waals surface area contributed by atoms with Crippen LogP contribution in [-0.2, 0) is 0 Å². The standard InChI is InChI=1S/C22H28BrN2O/c1-3-14-12-25-9-7-15(14)10-21(25)22(19(23)13-25)17-6-8-24-20-5-4-16(26-2)11-18(17)20/h4-6,8,11,14-15,19,21-22H,3,7,9-10,12-13H2,1-2H3/q+1/t14-,15-,19?,21-,22+,25-/m0/s1. The molecule has 4 aliphatic heterocycles. The average molecular weight is 416 g/mol. The summed E-state index contributed by atoms with van der Waals surface area (Å²) in [7, 11) is 1.75. The van der Waals surface area contributed by atoms with Gasteiger partial charge in [-0.15, -0.1) is 0 Å². The summed E-state index contributed by atoms with van der Waals surface area (Å²) in [6.45, 7) is 6.46. The van der Waals surface area contributed by atoms with Gasteiger partial charge in [-0.05, 0) is 42.2 Å². The topological polar surface area (TPSA) is 22.1 Å². The Morgan fingerprint density at radius 1 is 1.27 bits per heavy atom. The van der Waals surface area contributed by atoms with E-state index in [2.05, 4.69) is 46.0 Å². The van der Waals surface area contributed by atoms with Crippen molar-refractivity contribution in [2.75, 3.05) is 26.7 Å². The van der Waals surface area contributed by atoms with Crippen molar-refractivity contribution < 1.29 is 9.22 Å². The number of hydrogen-bond donors (Lipinski definition) is 0. The molecule has 5 heterocycles. The molecule has 4 aliphatic rings. The van der Waals surface area contributed by atoms with Crippen LogP contribution in [0.4, 0.5) is 0 Å². The lowest BCUT2D eigenvalue weighted by atomic mass is 9.70. The SMILES string of the molecule is CC[C@H]1C[N@+]23CC[C@H]1C[C@H]2[C@H](c1ccnc2ccc(OC)cc12)C(Br)C3. The highest BCUT2D eigenvalue weighted by Crippen LogP contribution is 2.54. The molecule has 2 bridgehead atoms. The molecule has 4 fully saturated rings. The van der Waals surface area contributed by atoms with Gasteiger partial charge in [0.1, 0.15) is 5.75 Å². The van der Waals surface area contributed by atoms with Crippen LogP contribution in [0.2, 0.25) is 0 Å². The third kappa shape index (κ3) is 2.37. The number of methoxy groups -OCH3 is 1. The van der Waals surface area contributed by atoms with Crippen molar-refractivity contribution in [3.8, 4) is 5.75 Å². The summed E-state index contributed by atoms with van der Waals surface area (Å²) >= 11 is 4.12. The summed E-state index contributed by atoms with van der Waals surface area (Å²) in [5, 5.41) is 1.27. The number of aromatic nitrogens is 1. The normalized spacial score (nSPS) is 38.5. The van der Waals surface area contributed by atoms with Gasteiger partial charge in [0.25, 0.3) is 0 Å². The van der Waals surface area contributed by atoms with Crippen molar-refractivity contribution >= 4 is 26.8 Å². The van der Waals surface area contributed by atoms with Crippen LogP contribution in [0.25, 0.3) is 10.9 Å². The van der Waals surface area contributed by atoms with Crippen LogP contribution in [0.3, 0.4) is 0 Å². The fraction of sp³-hybridized carbons (Fsp3) is 0.591. The molecule has 138 valence electrons. The van der Waals surface area contributed by atoms with E-state index in [4.69, 9.17) is 4.74 Å². The Labute approximate surface area is 164 Å². The van der Waals surface area contributed by atoms with Crippen LogP contribution in [0.15, 0.2) is 30.5 Å². The van der Waals surface area contributed by atoms with E-state index >= 15 is 0 Å². The molecule has 2 aromatic rings. The molecule has 4 saturated heterocycles. The Morgan fingerprint density at radius 3 is 2.96 bits per heavy atom. The van der Waals surface area contributed by atoms with E-state index in [1.54, 1.807) is 7.11 Å². The first-order chi connectivity index (χ1) is 12.6. The Bertz CT molecular complexity index is 840. The first kappa shape index (κ1) is 17.0. The number of benzene rings is 1. The highest BCUT2D eigenvalue weighted by molar-refractivity contribution is 9.09. The summed E-state index contributed by atoms with van der Waals surface area (Å²) in [5.74, 6) is 3.38. The minimum absolute atomic E-state index is 0.554. The largest absolute Gasteiger partial charge is 0.497 e. The number of quaternary nitrogens is 1. The lowest BCUT2D eigenvalue weighted by molar-refractivity contribution is -0.959. The molecule has 26 heavy (non-hydrogen) atoms. The molecule has 1 unspecified atom stereocenters. The summed E-state index contributed by atoms with van der Waals surface area (Å²) in [6.07, 6.45) is 6.19. The number of pyridine rings is 1. The number of ether oxygens (including phenoxy) is 1. The first-order valence-electron chi connectivity index (χ1n) is 10.1. The van der Waals surface area contributed by atoms with E-state index < -0.39 is 0 Å². The highest BCUT2D eigenvalue weighted by Gasteiger charge is 2.60. The number of rotatable bonds is 3. The predicted molar refractivity (Wildman–Crippen MR) is 109 cm³/mol. The maximum atomic E-state index is 5.51. The lowest BCUT2D eigenvalue weighted by Gasteiger charge is -2.55. The van der Waals surface area contributed by atoms with Crippen molar-refractivity contribution in [1.82, 2.24) is 4.98 Å². The van der Waals surface area contributed by atoms with Gasteiger partial charge in [-0.1, -0.05) is 22.9 Å². The van der Waals surface area contributed by atoms with Crippen LogP contribution in [-0.4, -0.2) is 47.1 Å². The van der Waals surface area contributed by atoms with E-state index in [-0.39, 0.29) is 0 Å². The van der Waals surface area contributed by atoms with Crippen LogP contribution in [0.5, 0.6) is 5.75 Å². The van der Waals surface area contributed by atoms with Crippen molar-refractivity contribution in [2.45, 2.75) is 43.0 Å². The highest BCUT2D eigenvalue weighted by atomic mass is 79.9. The molecule has 4 heteroatoms. The van der Waals surface area contributed by atoms with E-state index in [9.17, 15) is 0 Å². The molecule has 0 saturated carbocycles. The fourth-order valence-corrected chi connectivity index (χ4v) is 7.64. The molecule has 6 rings (SSSR count). The minimum Gasteiger partial charge on any atom is -0.497 e. The quantitative estimate of drug-likeness (QED) is 0.533. The number of fused-ring (bicyclic) bond motifs is 3. The smallest absolute Gasteiger partial charge is 0.119 e. The van der Waals surface area contributed by atoms with E-state index in [1.165, 1.54) is 54.3 Å². The second kappa shape index (κ2) is 6.20. The van der Waals surface area contributed by atoms with Crippen molar-refractivity contribution in [2.24, 2.45) is 11.8 Å². The van der Waals surface area contributed by atoms with Gasteiger partial charge in [0, 0.05) is 30.3 Å². The molecule has 1 spiro atoms. The molecule has 0 N–H and O–H groups in total. The zero-order valence-corrected chi connectivity index (χ0v) is 17.3. The summed E-state index contributed by atoms with van der Waals surface area (Å²) in [5.41, 5.74) is 2.56. The lowest BCUT2D eigenvalue weighted by Crippen LogP contribution is -2.64. The Balaban J connectivity index is 1.60. The van der Waals surface area contributed by atoms with E-state index in [1.807, 2.05) is 12.3 Å². The summed E-state index contributed by atoms with van der Waals surface area (Å²) in [4.78, 5) is 5.17. The van der Waals surface area contributed by atoms with Crippen molar-refractivity contribution in [3.63, 3.8) is 0 Å². The number of halogens is 1. The number of piperidine rings is 3. The molecule has 0 amide bonds. The monoisotopic (exact) mass is 415 g/mol. The Morgan fingerprint density at radius 2 is 2.15 bits per heavy atom. The van der Waals surface area contributed by atoms with Crippen LogP contribution in [0, 0.1) is 11.8 Å². The molecular weight excluding hydrogens is 388 g/mol. The maximum Gasteiger partial charge on any atom is 0.119 e. The summed E-state index contributed by atoms with van der Waals surface area (Å²) in [6, 6.07) is 9.33. The summed E-state index contributed by atoms with van der Waals surface area (Å²) < 4.78 is 6.86. The van der Waals surface area contributed by atoms with Gasteiger partial charge in [0.05, 0.1) is 49.0 Å². The maximum absolute atomic E-state index is 5.51. The van der Waals surface area contributed by atoms with Crippen molar-refractivity contribution in [1.29, 1.82) is 0 Å². The van der Waals surface area contributed by atoms with Crippen LogP contribution >= 0.6 is 15.9 Å². The second-order valence-corrected chi connectivity index (χ2v) is 9.83. The zero-order chi connectivity index (χ0) is 17.9. The molecule has 3 nitrogen and oxygen atoms in total. The Hall–Kier alpha value is -1.13. The van der Waals surface area contributed by atoms with Gasteiger partial charge in [0.15, 0.2) is 0 Å². The Kier molecular flexibility index (Phi) is 4.05. The van der Waals surface area contributed by atoms with Crippen LogP contribution in [0.1, 0.15) is 37.7 Å². The third-order valence-corrected chi connectivity index (χ3v) is 8.53. The van der Waals surface area contributed by atoms with Gasteiger partial charge in [0.2, 0.25) is 0 Å². The molecule has 1 aromatic carbocycles. The zero-order valence-electron chi connectivity index (χ0n) is 15.7. The fourth-order valence-electron chi connectivity index (χ4n) is 6.43. The van der Waals surface area contributed by atoms with Gasteiger partial charge < -0.3 is 9.22 Å². The second-order valence-electron chi connectivity index (χ2n) is 8.65. The van der Waals surface area contributed by atoms with Gasteiger partial charge in [-0.2, -0.15) is 0 Å². The molecule has 0 aliphatic carbocycles. The molecule has 6 atom stereocenters. The number of nitrogens with zero attached hydrogens (tertiary/aromatic N) is 2. The van der Waals surface area contributed by atoms with E-state index in [0.29, 0.717) is 10.7 Å².